The van der Waals surface area contributed by atoms with E-state index in [1.807, 2.05) is 26.0 Å². The van der Waals surface area contributed by atoms with E-state index in [1.165, 1.54) is 19.2 Å². The molecule has 0 saturated carbocycles. The first kappa shape index (κ1) is 24.6. The molecule has 1 saturated heterocycles. The van der Waals surface area contributed by atoms with Gasteiger partial charge in [-0.3, -0.25) is 14.6 Å². The van der Waals surface area contributed by atoms with E-state index < -0.39 is 5.82 Å². The summed E-state index contributed by atoms with van der Waals surface area (Å²) in [5, 5.41) is 2.91. The molecule has 1 N–H and O–H groups in total. The number of aryl methyl sites for hydroxylation is 1. The number of ether oxygens (including phenoxy) is 2. The Morgan fingerprint density at radius 1 is 1.18 bits per heavy atom. The molecule has 7 nitrogen and oxygen atoms in total. The summed E-state index contributed by atoms with van der Waals surface area (Å²) in [7, 11) is 1.39. The van der Waals surface area contributed by atoms with E-state index in [2.05, 4.69) is 10.3 Å². The Morgan fingerprint density at radius 3 is 2.61 bits per heavy atom. The summed E-state index contributed by atoms with van der Waals surface area (Å²) < 4.78 is 24.4. The largest absolute Gasteiger partial charge is 0.494 e. The van der Waals surface area contributed by atoms with Gasteiger partial charge in [-0.25, -0.2) is 4.39 Å². The Labute approximate surface area is 194 Å². The molecule has 1 aromatic heterocycles. The highest BCUT2D eigenvalue weighted by atomic mass is 19.1. The van der Waals surface area contributed by atoms with Crippen LogP contribution in [0.1, 0.15) is 64.2 Å². The number of rotatable bonds is 9. The number of nitrogens with zero attached hydrogens (tertiary/aromatic N) is 2. The molecule has 0 atom stereocenters. The van der Waals surface area contributed by atoms with Crippen LogP contribution in [0.4, 0.5) is 4.39 Å². The topological polar surface area (TPSA) is 80.8 Å². The van der Waals surface area contributed by atoms with Crippen LogP contribution in [0, 0.1) is 12.7 Å². The van der Waals surface area contributed by atoms with Crippen molar-refractivity contribution in [2.24, 2.45) is 0 Å². The second-order valence-corrected chi connectivity index (χ2v) is 8.17. The predicted octanol–water partition coefficient (Wildman–Crippen LogP) is 3.71. The molecule has 8 heteroatoms. The molecule has 1 aliphatic heterocycles. The van der Waals surface area contributed by atoms with Gasteiger partial charge < -0.3 is 19.7 Å². The minimum absolute atomic E-state index is 0.0682. The zero-order valence-corrected chi connectivity index (χ0v) is 19.5. The number of halogens is 1. The lowest BCUT2D eigenvalue weighted by atomic mass is 9.89. The van der Waals surface area contributed by atoms with Gasteiger partial charge in [-0.2, -0.15) is 0 Å². The van der Waals surface area contributed by atoms with Crippen LogP contribution in [0.5, 0.6) is 5.75 Å². The van der Waals surface area contributed by atoms with Crippen LogP contribution in [0.25, 0.3) is 0 Å². The van der Waals surface area contributed by atoms with Gasteiger partial charge in [-0.05, 0) is 56.5 Å². The molecule has 3 rings (SSSR count). The van der Waals surface area contributed by atoms with Crippen LogP contribution < -0.4 is 10.1 Å². The fourth-order valence-corrected chi connectivity index (χ4v) is 4.00. The first-order chi connectivity index (χ1) is 15.9. The summed E-state index contributed by atoms with van der Waals surface area (Å²) >= 11 is 0. The number of nitrogens with one attached hydrogen (secondary N) is 1. The minimum atomic E-state index is -0.557. The van der Waals surface area contributed by atoms with E-state index >= 15 is 0 Å². The quantitative estimate of drug-likeness (QED) is 0.581. The summed E-state index contributed by atoms with van der Waals surface area (Å²) in [5.74, 6) is -0.753. The number of pyridine rings is 1. The fourth-order valence-electron chi connectivity index (χ4n) is 4.00. The standard InChI is InChI=1S/C25H32FN3O4/c1-4-14-33-15-11-27-24(30)20-7-5-17(2)28-23(20)18-9-12-29(13-10-18)25(31)19-6-8-22(32-3)21(26)16-19/h5-8,16,18H,4,9-15H2,1-3H3,(H,27,30). The van der Waals surface area contributed by atoms with Crippen molar-refractivity contribution in [3.8, 4) is 5.75 Å². The number of carbonyl (C=O) groups is 2. The number of amides is 2. The van der Waals surface area contributed by atoms with E-state index in [1.54, 1.807) is 11.0 Å². The van der Waals surface area contributed by atoms with Gasteiger partial charge in [0.2, 0.25) is 0 Å². The summed E-state index contributed by atoms with van der Waals surface area (Å²) in [6.07, 6.45) is 2.30. The number of carbonyl (C=O) groups excluding carboxylic acids is 2. The van der Waals surface area contributed by atoms with Crippen molar-refractivity contribution in [3.63, 3.8) is 0 Å². The molecule has 0 unspecified atom stereocenters. The zero-order valence-electron chi connectivity index (χ0n) is 19.5. The average molecular weight is 458 g/mol. The highest BCUT2D eigenvalue weighted by Gasteiger charge is 2.28. The van der Waals surface area contributed by atoms with Gasteiger partial charge in [-0.1, -0.05) is 6.92 Å². The van der Waals surface area contributed by atoms with Crippen molar-refractivity contribution >= 4 is 11.8 Å². The molecule has 1 aliphatic rings. The second-order valence-electron chi connectivity index (χ2n) is 8.17. The maximum absolute atomic E-state index is 14.0. The Morgan fingerprint density at radius 2 is 1.94 bits per heavy atom. The number of methoxy groups -OCH3 is 1. The van der Waals surface area contributed by atoms with Crippen LogP contribution >= 0.6 is 0 Å². The lowest BCUT2D eigenvalue weighted by Crippen LogP contribution is -2.38. The third-order valence-electron chi connectivity index (χ3n) is 5.76. The van der Waals surface area contributed by atoms with Crippen molar-refractivity contribution in [2.45, 2.75) is 39.0 Å². The summed E-state index contributed by atoms with van der Waals surface area (Å²) in [4.78, 5) is 32.0. The molecule has 0 spiro atoms. The molecule has 33 heavy (non-hydrogen) atoms. The summed E-state index contributed by atoms with van der Waals surface area (Å²) in [6, 6.07) is 7.90. The van der Waals surface area contributed by atoms with E-state index in [4.69, 9.17) is 9.47 Å². The first-order valence-electron chi connectivity index (χ1n) is 11.4. The highest BCUT2D eigenvalue weighted by Crippen LogP contribution is 2.30. The van der Waals surface area contributed by atoms with Gasteiger partial charge in [-0.15, -0.1) is 0 Å². The summed E-state index contributed by atoms with van der Waals surface area (Å²) in [5.41, 5.74) is 2.48. The van der Waals surface area contributed by atoms with Crippen molar-refractivity contribution in [1.29, 1.82) is 0 Å². The first-order valence-corrected chi connectivity index (χ1v) is 11.4. The summed E-state index contributed by atoms with van der Waals surface area (Å²) in [6.45, 7) is 6.56. The molecule has 0 aliphatic carbocycles. The SMILES string of the molecule is CCCOCCNC(=O)c1ccc(C)nc1C1CCN(C(=O)c2ccc(OC)c(F)c2)CC1. The second kappa shape index (κ2) is 11.7. The van der Waals surface area contributed by atoms with E-state index in [0.717, 1.165) is 17.8 Å². The van der Waals surface area contributed by atoms with Gasteiger partial charge in [0, 0.05) is 43.4 Å². The lowest BCUT2D eigenvalue weighted by molar-refractivity contribution is 0.0709. The lowest BCUT2D eigenvalue weighted by Gasteiger charge is -2.32. The monoisotopic (exact) mass is 457 g/mol. The molecule has 0 bridgehead atoms. The number of benzene rings is 1. The molecule has 2 aromatic rings. The van der Waals surface area contributed by atoms with E-state index in [0.29, 0.717) is 56.8 Å². The van der Waals surface area contributed by atoms with Crippen LogP contribution in [0.2, 0.25) is 0 Å². The highest BCUT2D eigenvalue weighted by molar-refractivity contribution is 5.96. The van der Waals surface area contributed by atoms with Crippen molar-refractivity contribution in [3.05, 3.63) is 58.7 Å². The van der Waals surface area contributed by atoms with E-state index in [9.17, 15) is 14.0 Å². The Hall–Kier alpha value is -3.00. The molecule has 1 fully saturated rings. The number of hydrogen-bond donors (Lipinski definition) is 1. The third-order valence-corrected chi connectivity index (χ3v) is 5.76. The fraction of sp³-hybridized carbons (Fsp3) is 0.480. The maximum atomic E-state index is 14.0. The average Bonchev–Trinajstić information content (AvgIpc) is 2.83. The Bertz CT molecular complexity index is 974. The number of hydrogen-bond acceptors (Lipinski definition) is 5. The maximum Gasteiger partial charge on any atom is 0.253 e. The van der Waals surface area contributed by atoms with Crippen LogP contribution in [-0.4, -0.2) is 61.7 Å². The predicted molar refractivity (Wildman–Crippen MR) is 123 cm³/mol. The van der Waals surface area contributed by atoms with Crippen molar-refractivity contribution in [2.75, 3.05) is 40.0 Å². The van der Waals surface area contributed by atoms with Gasteiger partial charge >= 0.3 is 0 Å². The Balaban J connectivity index is 1.64. The molecule has 178 valence electrons. The molecule has 2 heterocycles. The molecule has 1 aromatic carbocycles. The number of aromatic nitrogens is 1. The number of piperidine rings is 1. The van der Waals surface area contributed by atoms with Crippen LogP contribution in [0.15, 0.2) is 30.3 Å². The van der Waals surface area contributed by atoms with Crippen molar-refractivity contribution < 1.29 is 23.5 Å². The van der Waals surface area contributed by atoms with Crippen LogP contribution in [-0.2, 0) is 4.74 Å². The number of likely N-dealkylation sites (tertiary alicyclic amines) is 1. The molecular weight excluding hydrogens is 425 g/mol. The normalized spacial score (nSPS) is 14.2. The van der Waals surface area contributed by atoms with Crippen molar-refractivity contribution in [1.82, 2.24) is 15.2 Å². The minimum Gasteiger partial charge on any atom is -0.494 e. The van der Waals surface area contributed by atoms with E-state index in [-0.39, 0.29) is 23.5 Å². The molecule has 2 amide bonds. The zero-order chi connectivity index (χ0) is 23.8. The van der Waals surface area contributed by atoms with Gasteiger partial charge in [0.15, 0.2) is 11.6 Å². The third kappa shape index (κ3) is 6.28. The Kier molecular flexibility index (Phi) is 8.77. The van der Waals surface area contributed by atoms with Gasteiger partial charge in [0.05, 0.1) is 25.0 Å². The molecule has 0 radical (unpaired) electrons. The smallest absolute Gasteiger partial charge is 0.253 e. The van der Waals surface area contributed by atoms with Gasteiger partial charge in [0.25, 0.3) is 11.8 Å². The van der Waals surface area contributed by atoms with Gasteiger partial charge in [0.1, 0.15) is 0 Å². The molecular formula is C25H32FN3O4. The van der Waals surface area contributed by atoms with Crippen LogP contribution in [0.3, 0.4) is 0 Å².